The Labute approximate surface area is 112 Å². The molecule has 1 rings (SSSR count). The van der Waals surface area contributed by atoms with Gasteiger partial charge in [-0.2, -0.15) is 0 Å². The average molecular weight is 258 g/mol. The number of ether oxygens (including phenoxy) is 2. The van der Waals surface area contributed by atoms with Crippen LogP contribution in [0.2, 0.25) is 0 Å². The summed E-state index contributed by atoms with van der Waals surface area (Å²) in [5, 5.41) is 0. The Bertz CT molecular complexity index is 234. The van der Waals surface area contributed by atoms with Gasteiger partial charge in [-0.15, -0.1) is 0 Å². The van der Waals surface area contributed by atoms with Crippen LogP contribution in [0.4, 0.5) is 0 Å². The molecule has 1 aliphatic heterocycles. The van der Waals surface area contributed by atoms with E-state index in [1.165, 1.54) is 13.0 Å². The Balaban J connectivity index is 2.18. The van der Waals surface area contributed by atoms with Crippen molar-refractivity contribution < 1.29 is 9.47 Å². The number of likely N-dealkylation sites (tertiary alicyclic amines) is 1. The van der Waals surface area contributed by atoms with Gasteiger partial charge in [0.05, 0.1) is 19.8 Å². The smallest absolute Gasteiger partial charge is 0.0700 e. The molecular weight excluding hydrogens is 228 g/mol. The van der Waals surface area contributed by atoms with Crippen LogP contribution in [0.5, 0.6) is 0 Å². The van der Waals surface area contributed by atoms with Gasteiger partial charge in [-0.1, -0.05) is 0 Å². The Kier molecular flexibility index (Phi) is 6.57. The summed E-state index contributed by atoms with van der Waals surface area (Å²) in [6.45, 7) is 10.3. The summed E-state index contributed by atoms with van der Waals surface area (Å²) >= 11 is 0. The first-order valence-corrected chi connectivity index (χ1v) is 6.95. The van der Waals surface area contributed by atoms with Crippen LogP contribution in [-0.2, 0) is 9.47 Å². The van der Waals surface area contributed by atoms with Crippen LogP contribution >= 0.6 is 0 Å². The number of likely N-dealkylation sites (N-methyl/N-ethyl adjacent to an activating group) is 1. The molecule has 1 aliphatic rings. The maximum absolute atomic E-state index is 5.51. The SMILES string of the molecule is COCCOCCN(C)CC1CCN(C)C1(C)C. The molecule has 0 aromatic heterocycles. The average Bonchev–Trinajstić information content (AvgIpc) is 2.56. The zero-order valence-corrected chi connectivity index (χ0v) is 12.7. The van der Waals surface area contributed by atoms with E-state index in [9.17, 15) is 0 Å². The minimum absolute atomic E-state index is 0.325. The summed E-state index contributed by atoms with van der Waals surface area (Å²) in [6.07, 6.45) is 1.30. The Morgan fingerprint density at radius 2 is 2.00 bits per heavy atom. The second-order valence-corrected chi connectivity index (χ2v) is 5.93. The van der Waals surface area contributed by atoms with Gasteiger partial charge in [0, 0.05) is 25.7 Å². The predicted octanol–water partition coefficient (Wildman–Crippen LogP) is 1.31. The van der Waals surface area contributed by atoms with Gasteiger partial charge < -0.3 is 19.3 Å². The Hall–Kier alpha value is -0.160. The molecule has 0 aliphatic carbocycles. The van der Waals surface area contributed by atoms with Crippen molar-refractivity contribution in [2.24, 2.45) is 5.92 Å². The summed E-state index contributed by atoms with van der Waals surface area (Å²) in [7, 11) is 6.12. The molecule has 0 radical (unpaired) electrons. The highest BCUT2D eigenvalue weighted by Crippen LogP contribution is 2.33. The van der Waals surface area contributed by atoms with Gasteiger partial charge in [-0.05, 0) is 46.8 Å². The van der Waals surface area contributed by atoms with Crippen LogP contribution in [0, 0.1) is 5.92 Å². The number of hydrogen-bond acceptors (Lipinski definition) is 4. The van der Waals surface area contributed by atoms with Crippen molar-refractivity contribution in [2.45, 2.75) is 25.8 Å². The van der Waals surface area contributed by atoms with Crippen molar-refractivity contribution in [3.8, 4) is 0 Å². The van der Waals surface area contributed by atoms with Gasteiger partial charge in [0.15, 0.2) is 0 Å². The molecule has 0 bridgehead atoms. The first kappa shape index (κ1) is 15.9. The fourth-order valence-corrected chi connectivity index (χ4v) is 2.55. The zero-order valence-electron chi connectivity index (χ0n) is 12.7. The van der Waals surface area contributed by atoms with Crippen LogP contribution in [0.3, 0.4) is 0 Å². The zero-order chi connectivity index (χ0) is 13.6. The van der Waals surface area contributed by atoms with Gasteiger partial charge in [0.1, 0.15) is 0 Å². The van der Waals surface area contributed by atoms with Crippen molar-refractivity contribution in [3.05, 3.63) is 0 Å². The summed E-state index contributed by atoms with van der Waals surface area (Å²) in [5.41, 5.74) is 0.325. The molecule has 1 heterocycles. The van der Waals surface area contributed by atoms with Crippen molar-refractivity contribution in [3.63, 3.8) is 0 Å². The van der Waals surface area contributed by atoms with E-state index in [-0.39, 0.29) is 0 Å². The van der Waals surface area contributed by atoms with E-state index >= 15 is 0 Å². The first-order valence-electron chi connectivity index (χ1n) is 6.95. The second-order valence-electron chi connectivity index (χ2n) is 5.93. The summed E-state index contributed by atoms with van der Waals surface area (Å²) in [5.74, 6) is 0.756. The standard InChI is InChI=1S/C14H30N2O2/c1-14(2)13(6-7-16(14)4)12-15(3)8-9-18-11-10-17-5/h13H,6-12H2,1-5H3. The van der Waals surface area contributed by atoms with E-state index in [1.807, 2.05) is 0 Å². The number of rotatable bonds is 8. The van der Waals surface area contributed by atoms with Gasteiger partial charge in [-0.25, -0.2) is 0 Å². The number of nitrogens with zero attached hydrogens (tertiary/aromatic N) is 2. The van der Waals surface area contributed by atoms with E-state index < -0.39 is 0 Å². The van der Waals surface area contributed by atoms with Crippen LogP contribution < -0.4 is 0 Å². The first-order chi connectivity index (χ1) is 8.48. The molecule has 4 nitrogen and oxygen atoms in total. The minimum atomic E-state index is 0.325. The largest absolute Gasteiger partial charge is 0.382 e. The lowest BCUT2D eigenvalue weighted by molar-refractivity contribution is 0.0554. The Morgan fingerprint density at radius 1 is 1.28 bits per heavy atom. The quantitative estimate of drug-likeness (QED) is 0.613. The van der Waals surface area contributed by atoms with E-state index in [0.717, 1.165) is 25.6 Å². The molecule has 0 amide bonds. The molecule has 1 atom stereocenters. The maximum atomic E-state index is 5.51. The monoisotopic (exact) mass is 258 g/mol. The number of hydrogen-bond donors (Lipinski definition) is 0. The van der Waals surface area contributed by atoms with Gasteiger partial charge >= 0.3 is 0 Å². The molecule has 108 valence electrons. The molecular formula is C14H30N2O2. The summed E-state index contributed by atoms with van der Waals surface area (Å²) < 4.78 is 10.5. The molecule has 0 spiro atoms. The second kappa shape index (κ2) is 7.43. The van der Waals surface area contributed by atoms with Crippen LogP contribution in [-0.4, -0.2) is 76.0 Å². The summed E-state index contributed by atoms with van der Waals surface area (Å²) in [6, 6.07) is 0. The summed E-state index contributed by atoms with van der Waals surface area (Å²) in [4.78, 5) is 4.86. The maximum Gasteiger partial charge on any atom is 0.0700 e. The molecule has 0 aromatic carbocycles. The van der Waals surface area contributed by atoms with Crippen LogP contribution in [0.15, 0.2) is 0 Å². The normalized spacial score (nSPS) is 24.0. The molecule has 1 fully saturated rings. The molecule has 4 heteroatoms. The van der Waals surface area contributed by atoms with Gasteiger partial charge in [0.25, 0.3) is 0 Å². The molecule has 0 N–H and O–H groups in total. The van der Waals surface area contributed by atoms with E-state index in [1.54, 1.807) is 7.11 Å². The third-order valence-electron chi connectivity index (χ3n) is 4.38. The van der Waals surface area contributed by atoms with Crippen molar-refractivity contribution in [1.29, 1.82) is 0 Å². The lowest BCUT2D eigenvalue weighted by Gasteiger charge is -2.35. The van der Waals surface area contributed by atoms with Crippen molar-refractivity contribution in [1.82, 2.24) is 9.80 Å². The fraction of sp³-hybridized carbons (Fsp3) is 1.00. The van der Waals surface area contributed by atoms with Crippen molar-refractivity contribution >= 4 is 0 Å². The molecule has 0 saturated carbocycles. The minimum Gasteiger partial charge on any atom is -0.382 e. The third-order valence-corrected chi connectivity index (χ3v) is 4.38. The topological polar surface area (TPSA) is 24.9 Å². The lowest BCUT2D eigenvalue weighted by Crippen LogP contribution is -2.44. The number of methoxy groups -OCH3 is 1. The van der Waals surface area contributed by atoms with E-state index in [4.69, 9.17) is 9.47 Å². The third kappa shape index (κ3) is 4.50. The molecule has 1 unspecified atom stereocenters. The predicted molar refractivity (Wildman–Crippen MR) is 75.0 cm³/mol. The van der Waals surface area contributed by atoms with E-state index in [0.29, 0.717) is 18.8 Å². The van der Waals surface area contributed by atoms with Gasteiger partial charge in [-0.3, -0.25) is 0 Å². The molecule has 1 saturated heterocycles. The molecule has 0 aromatic rings. The Morgan fingerprint density at radius 3 is 2.56 bits per heavy atom. The highest BCUT2D eigenvalue weighted by molar-refractivity contribution is 4.94. The van der Waals surface area contributed by atoms with Crippen LogP contribution in [0.1, 0.15) is 20.3 Å². The highest BCUT2D eigenvalue weighted by Gasteiger charge is 2.38. The fourth-order valence-electron chi connectivity index (χ4n) is 2.55. The highest BCUT2D eigenvalue weighted by atomic mass is 16.5. The van der Waals surface area contributed by atoms with Gasteiger partial charge in [0.2, 0.25) is 0 Å². The van der Waals surface area contributed by atoms with Crippen molar-refractivity contribution in [2.75, 3.05) is 60.7 Å². The lowest BCUT2D eigenvalue weighted by atomic mass is 9.88. The molecule has 18 heavy (non-hydrogen) atoms. The van der Waals surface area contributed by atoms with E-state index in [2.05, 4.69) is 37.7 Å². The van der Waals surface area contributed by atoms with Crippen LogP contribution in [0.25, 0.3) is 0 Å².